The molecule has 2 amide bonds. The first-order valence-electron chi connectivity index (χ1n) is 7.59. The minimum absolute atomic E-state index is 0.0247. The fourth-order valence-corrected chi connectivity index (χ4v) is 4.71. The number of nitro groups is 1. The van der Waals surface area contributed by atoms with Gasteiger partial charge in [0.1, 0.15) is 5.00 Å². The molecule has 0 saturated heterocycles. The predicted molar refractivity (Wildman–Crippen MR) is 98.4 cm³/mol. The van der Waals surface area contributed by atoms with Crippen LogP contribution < -0.4 is 10.6 Å². The molecule has 2 heterocycles. The van der Waals surface area contributed by atoms with Crippen LogP contribution in [0.2, 0.25) is 0 Å². The third-order valence-corrected chi connectivity index (χ3v) is 6.01. The van der Waals surface area contributed by atoms with E-state index in [2.05, 4.69) is 10.6 Å². The monoisotopic (exact) mass is 377 g/mol. The lowest BCUT2D eigenvalue weighted by atomic mass is 10.1. The zero-order valence-corrected chi connectivity index (χ0v) is 15.0. The van der Waals surface area contributed by atoms with Gasteiger partial charge in [-0.3, -0.25) is 19.7 Å². The maximum absolute atomic E-state index is 12.2. The van der Waals surface area contributed by atoms with Crippen LogP contribution >= 0.6 is 22.7 Å². The third kappa shape index (κ3) is 3.62. The Labute approximate surface area is 151 Å². The number of hydrogen-bond acceptors (Lipinski definition) is 6. The maximum Gasteiger partial charge on any atom is 0.324 e. The van der Waals surface area contributed by atoms with Crippen molar-refractivity contribution in [2.45, 2.75) is 19.3 Å². The Morgan fingerprint density at radius 1 is 1.28 bits per heavy atom. The van der Waals surface area contributed by atoms with Crippen molar-refractivity contribution >= 4 is 50.6 Å². The zero-order chi connectivity index (χ0) is 18.0. The number of nitrogens with one attached hydrogen (secondary N) is 2. The van der Waals surface area contributed by atoms with Crippen LogP contribution in [0.3, 0.4) is 0 Å². The molecule has 2 aromatic heterocycles. The summed E-state index contributed by atoms with van der Waals surface area (Å²) in [5, 5.41) is 16.6. The van der Waals surface area contributed by atoms with E-state index in [9.17, 15) is 19.7 Å². The van der Waals surface area contributed by atoms with E-state index in [1.807, 2.05) is 0 Å². The van der Waals surface area contributed by atoms with Crippen LogP contribution in [-0.4, -0.2) is 23.8 Å². The molecule has 0 spiro atoms. The van der Waals surface area contributed by atoms with Crippen molar-refractivity contribution in [3.63, 3.8) is 0 Å². The highest BCUT2D eigenvalue weighted by Gasteiger charge is 2.26. The van der Waals surface area contributed by atoms with E-state index in [4.69, 9.17) is 0 Å². The first kappa shape index (κ1) is 17.3. The van der Waals surface area contributed by atoms with Gasteiger partial charge in [-0.05, 0) is 37.0 Å². The van der Waals surface area contributed by atoms with Crippen molar-refractivity contribution in [2.75, 3.05) is 12.4 Å². The molecule has 0 fully saturated rings. The number of carbonyl (C=O) groups excluding carboxylic acids is 2. The number of hydrogen-bond donors (Lipinski definition) is 2. The van der Waals surface area contributed by atoms with Gasteiger partial charge in [-0.25, -0.2) is 0 Å². The molecule has 2 N–H and O–H groups in total. The summed E-state index contributed by atoms with van der Waals surface area (Å²) in [6.07, 6.45) is 5.63. The SMILES string of the molecule is CNC(=O)c1c(NC(=O)C=Cc2ccc([N+](=O)[O-])s2)sc2c1CCC2. The van der Waals surface area contributed by atoms with Gasteiger partial charge in [0.2, 0.25) is 5.91 Å². The Kier molecular flexibility index (Phi) is 4.95. The lowest BCUT2D eigenvalue weighted by molar-refractivity contribution is -0.380. The average Bonchev–Trinajstić information content (AvgIpc) is 3.27. The van der Waals surface area contributed by atoms with Crippen LogP contribution in [0.4, 0.5) is 10.0 Å². The molecular formula is C16H15N3O4S2. The van der Waals surface area contributed by atoms with Gasteiger partial charge in [-0.15, -0.1) is 11.3 Å². The molecule has 1 aliphatic carbocycles. The molecule has 0 aromatic carbocycles. The maximum atomic E-state index is 12.2. The second kappa shape index (κ2) is 7.16. The van der Waals surface area contributed by atoms with E-state index in [-0.39, 0.29) is 16.8 Å². The summed E-state index contributed by atoms with van der Waals surface area (Å²) >= 11 is 2.43. The highest BCUT2D eigenvalue weighted by molar-refractivity contribution is 7.17. The number of nitrogens with zero attached hydrogens (tertiary/aromatic N) is 1. The molecule has 0 radical (unpaired) electrons. The standard InChI is InChI=1S/C16H15N3O4S2/c1-17-15(21)14-10-3-2-4-11(10)25-16(14)18-12(20)7-5-9-6-8-13(24-9)19(22)23/h5-8H,2-4H2,1H3,(H,17,21)(H,18,20). The lowest BCUT2D eigenvalue weighted by Gasteiger charge is -2.05. The molecule has 0 aliphatic heterocycles. The molecule has 7 nitrogen and oxygen atoms in total. The van der Waals surface area contributed by atoms with Crippen molar-refractivity contribution in [3.05, 3.63) is 49.2 Å². The molecule has 2 aromatic rings. The van der Waals surface area contributed by atoms with E-state index in [0.717, 1.165) is 41.0 Å². The van der Waals surface area contributed by atoms with Crippen molar-refractivity contribution in [3.8, 4) is 0 Å². The molecule has 0 unspecified atom stereocenters. The van der Waals surface area contributed by atoms with Crippen molar-refractivity contribution < 1.29 is 14.5 Å². The minimum atomic E-state index is -0.467. The highest BCUT2D eigenvalue weighted by atomic mass is 32.1. The van der Waals surface area contributed by atoms with Gasteiger partial charge < -0.3 is 10.6 Å². The number of anilines is 1. The summed E-state index contributed by atoms with van der Waals surface area (Å²) in [6, 6.07) is 2.98. The highest BCUT2D eigenvalue weighted by Crippen LogP contribution is 2.39. The van der Waals surface area contributed by atoms with E-state index in [1.54, 1.807) is 13.1 Å². The van der Waals surface area contributed by atoms with Crippen molar-refractivity contribution in [1.82, 2.24) is 5.32 Å². The molecule has 25 heavy (non-hydrogen) atoms. The number of aryl methyl sites for hydroxylation is 1. The van der Waals surface area contributed by atoms with Crippen LogP contribution in [-0.2, 0) is 17.6 Å². The second-order valence-electron chi connectivity index (χ2n) is 5.40. The Bertz CT molecular complexity index is 882. The summed E-state index contributed by atoms with van der Waals surface area (Å²) in [7, 11) is 1.57. The van der Waals surface area contributed by atoms with Crippen molar-refractivity contribution in [2.24, 2.45) is 0 Å². The molecule has 130 valence electrons. The van der Waals surface area contributed by atoms with E-state index >= 15 is 0 Å². The van der Waals surface area contributed by atoms with Crippen LogP contribution in [0.15, 0.2) is 18.2 Å². The number of rotatable bonds is 5. The summed E-state index contributed by atoms with van der Waals surface area (Å²) in [5.74, 6) is -0.575. The van der Waals surface area contributed by atoms with Gasteiger partial charge in [0.25, 0.3) is 5.91 Å². The fraction of sp³-hybridized carbons (Fsp3) is 0.250. The lowest BCUT2D eigenvalue weighted by Crippen LogP contribution is -2.21. The number of fused-ring (bicyclic) bond motifs is 1. The van der Waals surface area contributed by atoms with Crippen LogP contribution in [0.1, 0.15) is 32.1 Å². The number of amides is 2. The molecular weight excluding hydrogens is 362 g/mol. The van der Waals surface area contributed by atoms with Gasteiger partial charge in [0.05, 0.1) is 10.5 Å². The predicted octanol–water partition coefficient (Wildman–Crippen LogP) is 3.22. The molecule has 0 bridgehead atoms. The summed E-state index contributed by atoms with van der Waals surface area (Å²) in [5.41, 5.74) is 1.58. The van der Waals surface area contributed by atoms with Gasteiger partial charge in [0, 0.05) is 28.9 Å². The smallest absolute Gasteiger partial charge is 0.324 e. The zero-order valence-electron chi connectivity index (χ0n) is 13.3. The molecule has 1 aliphatic rings. The average molecular weight is 377 g/mol. The van der Waals surface area contributed by atoms with Gasteiger partial charge in [-0.2, -0.15) is 0 Å². The van der Waals surface area contributed by atoms with Crippen LogP contribution in [0.25, 0.3) is 6.08 Å². The minimum Gasteiger partial charge on any atom is -0.355 e. The third-order valence-electron chi connectivity index (χ3n) is 3.80. The molecule has 0 atom stereocenters. The number of carbonyl (C=O) groups is 2. The first-order chi connectivity index (χ1) is 12.0. The normalized spacial score (nSPS) is 13.0. The van der Waals surface area contributed by atoms with Gasteiger partial charge in [-0.1, -0.05) is 11.3 Å². The van der Waals surface area contributed by atoms with Crippen LogP contribution in [0.5, 0.6) is 0 Å². The molecule has 3 rings (SSSR count). The Balaban J connectivity index is 1.75. The second-order valence-corrected chi connectivity index (χ2v) is 7.60. The Hall–Kier alpha value is -2.52. The number of thiophene rings is 2. The van der Waals surface area contributed by atoms with E-state index in [0.29, 0.717) is 15.4 Å². The largest absolute Gasteiger partial charge is 0.355 e. The quantitative estimate of drug-likeness (QED) is 0.474. The van der Waals surface area contributed by atoms with Gasteiger partial charge in [0.15, 0.2) is 0 Å². The summed E-state index contributed by atoms with van der Waals surface area (Å²) in [4.78, 5) is 36.3. The van der Waals surface area contributed by atoms with Crippen molar-refractivity contribution in [1.29, 1.82) is 0 Å². The molecule has 9 heteroatoms. The summed E-state index contributed by atoms with van der Waals surface area (Å²) < 4.78 is 0. The first-order valence-corrected chi connectivity index (χ1v) is 9.22. The van der Waals surface area contributed by atoms with Gasteiger partial charge >= 0.3 is 5.00 Å². The topological polar surface area (TPSA) is 101 Å². The Morgan fingerprint density at radius 2 is 2.08 bits per heavy atom. The Morgan fingerprint density at radius 3 is 2.76 bits per heavy atom. The molecule has 0 saturated carbocycles. The van der Waals surface area contributed by atoms with E-state index < -0.39 is 4.92 Å². The summed E-state index contributed by atoms with van der Waals surface area (Å²) in [6.45, 7) is 0. The fourth-order valence-electron chi connectivity index (χ4n) is 2.70. The van der Waals surface area contributed by atoms with E-state index in [1.165, 1.54) is 29.6 Å². The van der Waals surface area contributed by atoms with Crippen LogP contribution in [0, 0.1) is 10.1 Å².